The predicted octanol–water partition coefficient (Wildman–Crippen LogP) is 4.21. The van der Waals surface area contributed by atoms with E-state index in [9.17, 15) is 4.79 Å². The van der Waals surface area contributed by atoms with Crippen LogP contribution in [0.3, 0.4) is 0 Å². The van der Waals surface area contributed by atoms with Gasteiger partial charge in [-0.05, 0) is 43.2 Å². The Morgan fingerprint density at radius 1 is 1.21 bits per heavy atom. The zero-order valence-electron chi connectivity index (χ0n) is 10.7. The minimum atomic E-state index is 0.281. The molecule has 2 aromatic rings. The number of hydrogen-bond donors (Lipinski definition) is 0. The van der Waals surface area contributed by atoms with Gasteiger partial charge in [-0.2, -0.15) is 0 Å². The summed E-state index contributed by atoms with van der Waals surface area (Å²) in [5, 5.41) is 1.02. The van der Waals surface area contributed by atoms with Crippen LogP contribution in [0.4, 0.5) is 0 Å². The van der Waals surface area contributed by atoms with Crippen molar-refractivity contribution in [2.75, 3.05) is 0 Å². The molecule has 4 rings (SSSR count). The van der Waals surface area contributed by atoms with Crippen LogP contribution in [0.2, 0.25) is 0 Å². The quantitative estimate of drug-likeness (QED) is 0.817. The number of ketones is 1. The van der Waals surface area contributed by atoms with Crippen LogP contribution in [0.5, 0.6) is 0 Å². The Kier molecular flexibility index (Phi) is 2.55. The summed E-state index contributed by atoms with van der Waals surface area (Å²) in [5.74, 6) is 1.04. The summed E-state index contributed by atoms with van der Waals surface area (Å²) in [6.07, 6.45) is 5.24. The highest BCUT2D eigenvalue weighted by Crippen LogP contribution is 2.41. The number of benzene rings is 1. The second-order valence-corrected chi connectivity index (χ2v) is 6.47. The summed E-state index contributed by atoms with van der Waals surface area (Å²) in [4.78, 5) is 17.5. The van der Waals surface area contributed by atoms with E-state index in [1.165, 1.54) is 24.0 Å². The zero-order valence-corrected chi connectivity index (χ0v) is 11.5. The fraction of sp³-hybridized carbons (Fsp3) is 0.375. The maximum atomic E-state index is 11.9. The third-order valence-corrected chi connectivity index (χ3v) is 5.14. The third kappa shape index (κ3) is 2.02. The minimum absolute atomic E-state index is 0.281. The average molecular weight is 269 g/mol. The molecule has 1 saturated carbocycles. The van der Waals surface area contributed by atoms with E-state index in [2.05, 4.69) is 29.2 Å². The molecule has 0 N–H and O–H groups in total. The number of rotatable bonds is 2. The van der Waals surface area contributed by atoms with Crippen molar-refractivity contribution in [1.29, 1.82) is 0 Å². The van der Waals surface area contributed by atoms with E-state index in [0.717, 1.165) is 34.3 Å². The van der Waals surface area contributed by atoms with Gasteiger partial charge in [-0.15, -0.1) is 11.3 Å². The Bertz CT molecular complexity index is 655. The van der Waals surface area contributed by atoms with Crippen LogP contribution in [0, 0.1) is 0 Å². The molecule has 2 aliphatic carbocycles. The molecule has 0 bridgehead atoms. The van der Waals surface area contributed by atoms with Crippen LogP contribution in [0.15, 0.2) is 24.3 Å². The van der Waals surface area contributed by atoms with Gasteiger partial charge >= 0.3 is 0 Å². The molecule has 3 heteroatoms. The zero-order chi connectivity index (χ0) is 12.8. The molecule has 1 heterocycles. The maximum absolute atomic E-state index is 11.9. The minimum Gasteiger partial charge on any atom is -0.293 e. The number of Topliss-reactive ketones (excluding diaryl/α,β-unsaturated/α-hetero) is 1. The van der Waals surface area contributed by atoms with E-state index in [-0.39, 0.29) is 5.78 Å². The average Bonchev–Trinajstić information content (AvgIpc) is 3.19. The van der Waals surface area contributed by atoms with Crippen molar-refractivity contribution in [3.05, 3.63) is 40.4 Å². The Morgan fingerprint density at radius 3 is 2.89 bits per heavy atom. The van der Waals surface area contributed by atoms with E-state index >= 15 is 0 Å². The first-order valence-electron chi connectivity index (χ1n) is 6.94. The number of carbonyl (C=O) groups excluding carboxylic acids is 1. The maximum Gasteiger partial charge on any atom is 0.174 e. The molecule has 0 unspecified atom stereocenters. The SMILES string of the molecule is O=C1CCCc2nc(-c3cccc(C4CC4)c3)sc21. The van der Waals surface area contributed by atoms with Crippen molar-refractivity contribution >= 4 is 17.1 Å². The Labute approximate surface area is 116 Å². The van der Waals surface area contributed by atoms with E-state index in [0.29, 0.717) is 6.42 Å². The monoisotopic (exact) mass is 269 g/mol. The van der Waals surface area contributed by atoms with Gasteiger partial charge in [0.25, 0.3) is 0 Å². The summed E-state index contributed by atoms with van der Waals surface area (Å²) in [7, 11) is 0. The van der Waals surface area contributed by atoms with Gasteiger partial charge in [0.05, 0.1) is 10.6 Å². The molecular formula is C16H15NOS. The van der Waals surface area contributed by atoms with Crippen LogP contribution in [0.25, 0.3) is 10.6 Å². The van der Waals surface area contributed by atoms with E-state index in [4.69, 9.17) is 0 Å². The van der Waals surface area contributed by atoms with Gasteiger partial charge < -0.3 is 0 Å². The molecule has 96 valence electrons. The summed E-state index contributed by atoms with van der Waals surface area (Å²) < 4.78 is 0. The van der Waals surface area contributed by atoms with Crippen molar-refractivity contribution in [1.82, 2.24) is 4.98 Å². The summed E-state index contributed by atoms with van der Waals surface area (Å²) >= 11 is 1.58. The van der Waals surface area contributed by atoms with Crippen molar-refractivity contribution in [2.24, 2.45) is 0 Å². The van der Waals surface area contributed by atoms with Crippen LogP contribution in [0.1, 0.15) is 52.5 Å². The smallest absolute Gasteiger partial charge is 0.174 e. The lowest BCUT2D eigenvalue weighted by Crippen LogP contribution is -2.07. The van der Waals surface area contributed by atoms with Crippen LogP contribution in [-0.2, 0) is 6.42 Å². The van der Waals surface area contributed by atoms with Gasteiger partial charge in [0.15, 0.2) is 5.78 Å². The standard InChI is InChI=1S/C16H15NOS/c18-14-6-2-5-13-15(14)19-16(17-13)12-4-1-3-11(9-12)10-7-8-10/h1,3-4,9-10H,2,5-8H2. The third-order valence-electron chi connectivity index (χ3n) is 3.95. The van der Waals surface area contributed by atoms with E-state index in [1.807, 2.05) is 0 Å². The van der Waals surface area contributed by atoms with Gasteiger partial charge in [0, 0.05) is 12.0 Å². The van der Waals surface area contributed by atoms with Gasteiger partial charge in [0.1, 0.15) is 5.01 Å². The van der Waals surface area contributed by atoms with Crippen molar-refractivity contribution in [2.45, 2.75) is 38.0 Å². The molecule has 2 nitrogen and oxygen atoms in total. The van der Waals surface area contributed by atoms with Crippen LogP contribution in [-0.4, -0.2) is 10.8 Å². The molecule has 0 amide bonds. The molecule has 0 radical (unpaired) electrons. The second kappa shape index (κ2) is 4.27. The number of thiazole rings is 1. The lowest BCUT2D eigenvalue weighted by Gasteiger charge is -2.06. The highest BCUT2D eigenvalue weighted by molar-refractivity contribution is 7.17. The number of aryl methyl sites for hydroxylation is 1. The Balaban J connectivity index is 1.75. The largest absolute Gasteiger partial charge is 0.293 e. The highest BCUT2D eigenvalue weighted by Gasteiger charge is 2.25. The second-order valence-electron chi connectivity index (χ2n) is 5.47. The molecular weight excluding hydrogens is 254 g/mol. The number of carbonyl (C=O) groups is 1. The molecule has 0 atom stereocenters. The first-order valence-corrected chi connectivity index (χ1v) is 7.76. The van der Waals surface area contributed by atoms with E-state index in [1.54, 1.807) is 11.3 Å². The molecule has 1 aromatic carbocycles. The molecule has 0 saturated heterocycles. The number of fused-ring (bicyclic) bond motifs is 1. The predicted molar refractivity (Wildman–Crippen MR) is 76.8 cm³/mol. The lowest BCUT2D eigenvalue weighted by molar-refractivity contribution is 0.0976. The van der Waals surface area contributed by atoms with Crippen molar-refractivity contribution in [3.63, 3.8) is 0 Å². The van der Waals surface area contributed by atoms with Crippen LogP contribution >= 0.6 is 11.3 Å². The Morgan fingerprint density at radius 2 is 2.11 bits per heavy atom. The lowest BCUT2D eigenvalue weighted by atomic mass is 10.0. The topological polar surface area (TPSA) is 30.0 Å². The molecule has 1 fully saturated rings. The number of aromatic nitrogens is 1. The fourth-order valence-electron chi connectivity index (χ4n) is 2.73. The molecule has 19 heavy (non-hydrogen) atoms. The summed E-state index contributed by atoms with van der Waals surface area (Å²) in [5.41, 5.74) is 3.63. The first-order chi connectivity index (χ1) is 9.31. The molecule has 0 aliphatic heterocycles. The first kappa shape index (κ1) is 11.4. The van der Waals surface area contributed by atoms with Crippen molar-refractivity contribution in [3.8, 4) is 10.6 Å². The highest BCUT2D eigenvalue weighted by atomic mass is 32.1. The van der Waals surface area contributed by atoms with Gasteiger partial charge in [0.2, 0.25) is 0 Å². The fourth-order valence-corrected chi connectivity index (χ4v) is 3.81. The van der Waals surface area contributed by atoms with Gasteiger partial charge in [-0.3, -0.25) is 4.79 Å². The normalized spacial score (nSPS) is 18.4. The van der Waals surface area contributed by atoms with E-state index < -0.39 is 0 Å². The van der Waals surface area contributed by atoms with Gasteiger partial charge in [-0.25, -0.2) is 4.98 Å². The Hall–Kier alpha value is -1.48. The molecule has 1 aromatic heterocycles. The van der Waals surface area contributed by atoms with Crippen molar-refractivity contribution < 1.29 is 4.79 Å². The number of nitrogens with zero attached hydrogens (tertiary/aromatic N) is 1. The number of hydrogen-bond acceptors (Lipinski definition) is 3. The van der Waals surface area contributed by atoms with Crippen LogP contribution < -0.4 is 0 Å². The van der Waals surface area contributed by atoms with Gasteiger partial charge in [-0.1, -0.05) is 18.2 Å². The molecule has 0 spiro atoms. The summed E-state index contributed by atoms with van der Waals surface area (Å²) in [6, 6.07) is 8.69. The summed E-state index contributed by atoms with van der Waals surface area (Å²) in [6.45, 7) is 0. The molecule has 2 aliphatic rings.